The lowest BCUT2D eigenvalue weighted by Gasteiger charge is -2.33. The van der Waals surface area contributed by atoms with Crippen LogP contribution in [-0.2, 0) is 27.3 Å². The van der Waals surface area contributed by atoms with Gasteiger partial charge in [-0.05, 0) is 85.7 Å². The third-order valence-corrected chi connectivity index (χ3v) is 8.41. The fourth-order valence-electron chi connectivity index (χ4n) is 6.00. The van der Waals surface area contributed by atoms with Crippen LogP contribution >= 0.6 is 0 Å². The minimum Gasteiger partial charge on any atom is -0.494 e. The second-order valence-corrected chi connectivity index (χ2v) is 11.4. The maximum Gasteiger partial charge on any atom is 0.227 e. The van der Waals surface area contributed by atoms with Crippen LogP contribution in [0.25, 0.3) is 0 Å². The Balaban J connectivity index is 1.10. The number of benzene rings is 3. The Hall–Kier alpha value is -3.59. The van der Waals surface area contributed by atoms with Gasteiger partial charge >= 0.3 is 0 Å². The standard InChI is InChI=1S/C36H46N2O6/c1-40-21-7-20-38-32-24-27(10-11-29(32)14-17-36(38)39)26-44-35-25-37-19-18-31(35)28-12-15-30(16-13-28)42-22-5-6-23-43-34-9-4-3-8-33(34)41-2/h3-4,8-13,15-16,24,31,35,37H,5-7,14,17-23,25-26H2,1-2H3/t31-,35+/m1/s1. The van der Waals surface area contributed by atoms with E-state index in [0.717, 1.165) is 73.7 Å². The summed E-state index contributed by atoms with van der Waals surface area (Å²) >= 11 is 0. The van der Waals surface area contributed by atoms with Gasteiger partial charge in [0.05, 0.1) is 33.0 Å². The van der Waals surface area contributed by atoms with Crippen molar-refractivity contribution in [2.24, 2.45) is 0 Å². The Labute approximate surface area is 261 Å². The maximum atomic E-state index is 12.7. The first-order valence-electron chi connectivity index (χ1n) is 15.9. The molecule has 0 aliphatic carbocycles. The maximum absolute atomic E-state index is 12.7. The number of hydrogen-bond donors (Lipinski definition) is 1. The Morgan fingerprint density at radius 3 is 2.45 bits per heavy atom. The molecule has 1 N–H and O–H groups in total. The van der Waals surface area contributed by atoms with Gasteiger partial charge in [-0.1, -0.05) is 36.4 Å². The summed E-state index contributed by atoms with van der Waals surface area (Å²) in [6.45, 7) is 4.88. The number of piperidine rings is 1. The van der Waals surface area contributed by atoms with Crippen LogP contribution in [0.15, 0.2) is 66.7 Å². The van der Waals surface area contributed by atoms with E-state index in [4.69, 9.17) is 23.7 Å². The van der Waals surface area contributed by atoms with Gasteiger partial charge in [-0.15, -0.1) is 0 Å². The molecule has 0 unspecified atom stereocenters. The highest BCUT2D eigenvalue weighted by Gasteiger charge is 2.28. The molecule has 5 rings (SSSR count). The van der Waals surface area contributed by atoms with Gasteiger partial charge in [0.15, 0.2) is 11.5 Å². The van der Waals surface area contributed by atoms with Gasteiger partial charge in [0, 0.05) is 44.8 Å². The first-order chi connectivity index (χ1) is 21.7. The van der Waals surface area contributed by atoms with Gasteiger partial charge in [-0.25, -0.2) is 0 Å². The number of unbranched alkanes of at least 4 members (excludes halogenated alkanes) is 1. The molecular weight excluding hydrogens is 556 g/mol. The Kier molecular flexibility index (Phi) is 11.9. The van der Waals surface area contributed by atoms with Gasteiger partial charge in [-0.3, -0.25) is 4.79 Å². The molecule has 1 saturated heterocycles. The molecule has 44 heavy (non-hydrogen) atoms. The number of rotatable bonds is 16. The molecule has 0 bridgehead atoms. The second kappa shape index (κ2) is 16.5. The highest BCUT2D eigenvalue weighted by molar-refractivity contribution is 5.96. The fourth-order valence-corrected chi connectivity index (χ4v) is 6.00. The molecule has 2 heterocycles. The first kappa shape index (κ1) is 31.8. The van der Waals surface area contributed by atoms with E-state index in [2.05, 4.69) is 47.8 Å². The topological polar surface area (TPSA) is 78.5 Å². The number of carbonyl (C=O) groups is 1. The molecule has 8 nitrogen and oxygen atoms in total. The number of carbonyl (C=O) groups excluding carboxylic acids is 1. The van der Waals surface area contributed by atoms with Crippen LogP contribution in [-0.4, -0.2) is 65.7 Å². The lowest BCUT2D eigenvalue weighted by Crippen LogP contribution is -2.41. The number of methoxy groups -OCH3 is 2. The molecule has 0 aromatic heterocycles. The highest BCUT2D eigenvalue weighted by atomic mass is 16.5. The van der Waals surface area contributed by atoms with Gasteiger partial charge in [0.1, 0.15) is 5.75 Å². The van der Waals surface area contributed by atoms with E-state index < -0.39 is 0 Å². The number of anilines is 1. The van der Waals surface area contributed by atoms with Crippen molar-refractivity contribution < 1.29 is 28.5 Å². The normalized spacial score (nSPS) is 18.1. The van der Waals surface area contributed by atoms with Gasteiger partial charge in [0.2, 0.25) is 5.91 Å². The number of hydrogen-bond acceptors (Lipinski definition) is 7. The zero-order valence-electron chi connectivity index (χ0n) is 26.1. The lowest BCUT2D eigenvalue weighted by molar-refractivity contribution is -0.118. The number of nitrogens with zero attached hydrogens (tertiary/aromatic N) is 1. The van der Waals surface area contributed by atoms with Crippen molar-refractivity contribution in [1.82, 2.24) is 5.32 Å². The molecule has 1 fully saturated rings. The van der Waals surface area contributed by atoms with Crippen LogP contribution in [0.1, 0.15) is 54.7 Å². The van der Waals surface area contributed by atoms with Crippen molar-refractivity contribution in [3.8, 4) is 17.2 Å². The predicted octanol–water partition coefficient (Wildman–Crippen LogP) is 5.91. The first-order valence-corrected chi connectivity index (χ1v) is 15.9. The molecule has 3 aromatic carbocycles. The van der Waals surface area contributed by atoms with E-state index in [1.165, 1.54) is 11.1 Å². The smallest absolute Gasteiger partial charge is 0.227 e. The molecule has 0 saturated carbocycles. The molecule has 236 valence electrons. The number of fused-ring (bicyclic) bond motifs is 1. The fraction of sp³-hybridized carbons (Fsp3) is 0.472. The van der Waals surface area contributed by atoms with Crippen molar-refractivity contribution in [3.63, 3.8) is 0 Å². The van der Waals surface area contributed by atoms with Crippen molar-refractivity contribution in [3.05, 3.63) is 83.4 Å². The van der Waals surface area contributed by atoms with Crippen LogP contribution in [0.5, 0.6) is 17.2 Å². The Bertz CT molecular complexity index is 1330. The number of aryl methyl sites for hydroxylation is 1. The number of para-hydroxylation sites is 2. The molecule has 2 aliphatic heterocycles. The number of nitrogens with one attached hydrogen (secondary N) is 1. The minimum atomic E-state index is 0.0641. The molecule has 3 aromatic rings. The molecule has 8 heteroatoms. The average molecular weight is 603 g/mol. The minimum absolute atomic E-state index is 0.0641. The number of amides is 1. The summed E-state index contributed by atoms with van der Waals surface area (Å²) in [6, 6.07) is 22.6. The molecule has 0 radical (unpaired) electrons. The van der Waals surface area contributed by atoms with E-state index in [0.29, 0.717) is 45.3 Å². The van der Waals surface area contributed by atoms with Crippen molar-refractivity contribution in [2.75, 3.05) is 58.6 Å². The predicted molar refractivity (Wildman–Crippen MR) is 172 cm³/mol. The van der Waals surface area contributed by atoms with Gasteiger partial charge < -0.3 is 33.9 Å². The monoisotopic (exact) mass is 602 g/mol. The summed E-state index contributed by atoms with van der Waals surface area (Å²) < 4.78 is 28.9. The van der Waals surface area contributed by atoms with Gasteiger partial charge in [0.25, 0.3) is 0 Å². The summed E-state index contributed by atoms with van der Waals surface area (Å²) in [5.41, 5.74) is 4.62. The lowest BCUT2D eigenvalue weighted by atomic mass is 9.87. The summed E-state index contributed by atoms with van der Waals surface area (Å²) in [4.78, 5) is 14.6. The molecular formula is C36H46N2O6. The highest BCUT2D eigenvalue weighted by Crippen LogP contribution is 2.32. The number of ether oxygens (including phenoxy) is 5. The van der Waals surface area contributed by atoms with E-state index >= 15 is 0 Å². The zero-order chi connectivity index (χ0) is 30.6. The SMILES string of the molecule is COCCCN1C(=O)CCc2ccc(CO[C@H]3CNCC[C@@H]3c3ccc(OCCCCOc4ccccc4OC)cc3)cc21. The summed E-state index contributed by atoms with van der Waals surface area (Å²) in [5.74, 6) is 2.90. The van der Waals surface area contributed by atoms with Crippen LogP contribution < -0.4 is 24.4 Å². The third kappa shape index (κ3) is 8.52. The summed E-state index contributed by atoms with van der Waals surface area (Å²) in [6.07, 6.45) is 5.07. The van der Waals surface area contributed by atoms with E-state index in [9.17, 15) is 4.79 Å². The van der Waals surface area contributed by atoms with Crippen molar-refractivity contribution >= 4 is 11.6 Å². The van der Waals surface area contributed by atoms with Crippen LogP contribution in [0, 0.1) is 0 Å². The molecule has 0 spiro atoms. The molecule has 2 atom stereocenters. The second-order valence-electron chi connectivity index (χ2n) is 11.4. The summed E-state index contributed by atoms with van der Waals surface area (Å²) in [5, 5.41) is 3.50. The summed E-state index contributed by atoms with van der Waals surface area (Å²) in [7, 11) is 3.35. The van der Waals surface area contributed by atoms with E-state index in [1.54, 1.807) is 14.2 Å². The third-order valence-electron chi connectivity index (χ3n) is 8.41. The van der Waals surface area contributed by atoms with E-state index in [1.807, 2.05) is 29.2 Å². The largest absolute Gasteiger partial charge is 0.494 e. The molecule has 2 aliphatic rings. The Morgan fingerprint density at radius 1 is 0.864 bits per heavy atom. The zero-order valence-corrected chi connectivity index (χ0v) is 26.1. The van der Waals surface area contributed by atoms with E-state index in [-0.39, 0.29) is 12.0 Å². The quantitative estimate of drug-likeness (QED) is 0.204. The van der Waals surface area contributed by atoms with Crippen molar-refractivity contribution in [2.45, 2.75) is 57.2 Å². The van der Waals surface area contributed by atoms with Crippen LogP contribution in [0.2, 0.25) is 0 Å². The van der Waals surface area contributed by atoms with Crippen molar-refractivity contribution in [1.29, 1.82) is 0 Å². The Morgan fingerprint density at radius 2 is 1.66 bits per heavy atom. The molecule has 1 amide bonds. The average Bonchev–Trinajstić information content (AvgIpc) is 3.07. The van der Waals surface area contributed by atoms with Gasteiger partial charge in [-0.2, -0.15) is 0 Å². The van der Waals surface area contributed by atoms with Crippen LogP contribution in [0.3, 0.4) is 0 Å². The van der Waals surface area contributed by atoms with Crippen LogP contribution in [0.4, 0.5) is 5.69 Å².